The van der Waals surface area contributed by atoms with Crippen molar-refractivity contribution < 1.29 is 26.3 Å². The normalized spacial score (nSPS) is 17.5. The lowest BCUT2D eigenvalue weighted by molar-refractivity contribution is -0.139. The van der Waals surface area contributed by atoms with Gasteiger partial charge in [0.1, 0.15) is 0 Å². The number of alkyl halides is 6. The second kappa shape index (κ2) is 4.72. The summed E-state index contributed by atoms with van der Waals surface area (Å²) in [5.41, 5.74) is 0. The maximum Gasteiger partial charge on any atom is 0.309 e. The molecular weight excluding hydrogens is 198 g/mol. The van der Waals surface area contributed by atoms with Crippen LogP contribution in [0.2, 0.25) is 0 Å². The van der Waals surface area contributed by atoms with Crippen LogP contribution in [0.15, 0.2) is 0 Å². The van der Waals surface area contributed by atoms with Gasteiger partial charge < -0.3 is 0 Å². The first-order valence-electron chi connectivity index (χ1n) is 3.76. The van der Waals surface area contributed by atoms with Gasteiger partial charge in [-0.2, -0.15) is 0 Å². The summed E-state index contributed by atoms with van der Waals surface area (Å²) in [4.78, 5) is 0. The van der Waals surface area contributed by atoms with E-state index in [0.717, 1.165) is 6.92 Å². The van der Waals surface area contributed by atoms with Crippen LogP contribution in [-0.4, -0.2) is 24.7 Å². The van der Waals surface area contributed by atoms with Gasteiger partial charge >= 0.3 is 5.92 Å². The fraction of sp³-hybridized carbons (Fsp3) is 1.00. The molecule has 0 bridgehead atoms. The van der Waals surface area contributed by atoms with Crippen LogP contribution in [0.1, 0.15) is 19.8 Å². The van der Waals surface area contributed by atoms with Crippen LogP contribution in [-0.2, 0) is 0 Å². The highest BCUT2D eigenvalue weighted by Crippen LogP contribution is 2.32. The first-order chi connectivity index (χ1) is 5.82. The Kier molecular flexibility index (Phi) is 4.56. The molecule has 0 fully saturated rings. The molecule has 0 aromatic heterocycles. The van der Waals surface area contributed by atoms with Crippen LogP contribution in [0.4, 0.5) is 26.3 Å². The fourth-order valence-electron chi connectivity index (χ4n) is 0.782. The lowest BCUT2D eigenvalue weighted by atomic mass is 10.0. The maximum absolute atomic E-state index is 12.5. The van der Waals surface area contributed by atoms with Gasteiger partial charge in [0.15, 0.2) is 12.3 Å². The molecule has 0 radical (unpaired) electrons. The largest absolute Gasteiger partial charge is 0.309 e. The number of hydrogen-bond acceptors (Lipinski definition) is 0. The number of halogens is 6. The van der Waals surface area contributed by atoms with Crippen molar-refractivity contribution in [2.75, 3.05) is 0 Å². The van der Waals surface area contributed by atoms with Gasteiger partial charge in [0, 0.05) is 6.42 Å². The van der Waals surface area contributed by atoms with Crippen LogP contribution in [0, 0.1) is 0 Å². The van der Waals surface area contributed by atoms with E-state index in [-0.39, 0.29) is 0 Å². The summed E-state index contributed by atoms with van der Waals surface area (Å²) in [6, 6.07) is 0. The Morgan fingerprint density at radius 2 is 1.46 bits per heavy atom. The highest BCUT2D eigenvalue weighted by atomic mass is 19.3. The van der Waals surface area contributed by atoms with Gasteiger partial charge in [-0.1, -0.05) is 6.92 Å². The molecule has 0 aromatic carbocycles. The van der Waals surface area contributed by atoms with E-state index in [9.17, 15) is 26.3 Å². The molecule has 0 N–H and O–H groups in total. The van der Waals surface area contributed by atoms with E-state index in [0.29, 0.717) is 0 Å². The molecule has 0 saturated carbocycles. The summed E-state index contributed by atoms with van der Waals surface area (Å²) in [6.45, 7) is 1.09. The molecule has 0 heterocycles. The third-order valence-electron chi connectivity index (χ3n) is 1.58. The van der Waals surface area contributed by atoms with Gasteiger partial charge in [-0.25, -0.2) is 26.3 Å². The highest BCUT2D eigenvalue weighted by molar-refractivity contribution is 4.84. The van der Waals surface area contributed by atoms with Gasteiger partial charge in [-0.15, -0.1) is 0 Å². The lowest BCUT2D eigenvalue weighted by Gasteiger charge is -2.23. The summed E-state index contributed by atoms with van der Waals surface area (Å²) >= 11 is 0. The summed E-state index contributed by atoms with van der Waals surface area (Å²) < 4.78 is 72.7. The molecule has 0 saturated heterocycles. The van der Waals surface area contributed by atoms with Crippen LogP contribution in [0.5, 0.6) is 0 Å². The summed E-state index contributed by atoms with van der Waals surface area (Å²) in [5, 5.41) is 0. The van der Waals surface area contributed by atoms with E-state index in [1.165, 1.54) is 0 Å². The predicted molar refractivity (Wildman–Crippen MR) is 35.7 cm³/mol. The Hall–Kier alpha value is -0.420. The molecule has 0 amide bonds. The van der Waals surface area contributed by atoms with Crippen LogP contribution in [0.25, 0.3) is 0 Å². The second-order valence-electron chi connectivity index (χ2n) is 2.64. The minimum atomic E-state index is -4.31. The molecule has 0 aliphatic rings. The van der Waals surface area contributed by atoms with Crippen molar-refractivity contribution in [3.8, 4) is 0 Å². The highest BCUT2D eigenvalue weighted by Gasteiger charge is 2.48. The minimum Gasteiger partial charge on any atom is -0.241 e. The van der Waals surface area contributed by atoms with Gasteiger partial charge in [-0.3, -0.25) is 0 Å². The standard InChI is InChI=1S/C7H10F6/c1-2-4(8)7(12,13)5(9)3-6(10)11/h4-6H,2-3H2,1H3/t4?,5-/m0/s1. The molecule has 2 atom stereocenters. The van der Waals surface area contributed by atoms with Crippen LogP contribution < -0.4 is 0 Å². The molecule has 0 rings (SSSR count). The Labute approximate surface area is 71.9 Å². The predicted octanol–water partition coefficient (Wildman–Crippen LogP) is 3.36. The monoisotopic (exact) mass is 208 g/mol. The van der Waals surface area contributed by atoms with Gasteiger partial charge in [0.2, 0.25) is 6.43 Å². The molecule has 1 unspecified atom stereocenters. The summed E-state index contributed by atoms with van der Waals surface area (Å²) in [7, 11) is 0. The smallest absolute Gasteiger partial charge is 0.241 e. The minimum absolute atomic E-state index is 0.601. The molecule has 0 aliphatic heterocycles. The SMILES string of the molecule is CCC(F)C(F)(F)[C@@H](F)CC(F)F. The maximum atomic E-state index is 12.5. The Morgan fingerprint density at radius 1 is 1.00 bits per heavy atom. The van der Waals surface area contributed by atoms with Crippen LogP contribution in [0.3, 0.4) is 0 Å². The van der Waals surface area contributed by atoms with Crippen molar-refractivity contribution in [3.05, 3.63) is 0 Å². The first-order valence-corrected chi connectivity index (χ1v) is 3.76. The van der Waals surface area contributed by atoms with Gasteiger partial charge in [0.05, 0.1) is 0 Å². The zero-order chi connectivity index (χ0) is 10.6. The zero-order valence-corrected chi connectivity index (χ0v) is 6.91. The van der Waals surface area contributed by atoms with E-state index < -0.39 is 37.5 Å². The average Bonchev–Trinajstić information content (AvgIpc) is 2.01. The molecule has 6 heteroatoms. The lowest BCUT2D eigenvalue weighted by Crippen LogP contribution is -2.40. The van der Waals surface area contributed by atoms with E-state index in [4.69, 9.17) is 0 Å². The number of rotatable bonds is 5. The Bertz CT molecular complexity index is 146. The fourth-order valence-corrected chi connectivity index (χ4v) is 0.782. The molecule has 0 nitrogen and oxygen atoms in total. The molecule has 0 aromatic rings. The van der Waals surface area contributed by atoms with Crippen molar-refractivity contribution in [2.24, 2.45) is 0 Å². The molecule has 0 aliphatic carbocycles. The third-order valence-corrected chi connectivity index (χ3v) is 1.58. The van der Waals surface area contributed by atoms with E-state index in [1.807, 2.05) is 0 Å². The Balaban J connectivity index is 4.25. The van der Waals surface area contributed by atoms with E-state index >= 15 is 0 Å². The topological polar surface area (TPSA) is 0 Å². The van der Waals surface area contributed by atoms with Crippen molar-refractivity contribution >= 4 is 0 Å². The quantitative estimate of drug-likeness (QED) is 0.607. The van der Waals surface area contributed by atoms with Crippen LogP contribution >= 0.6 is 0 Å². The number of hydrogen-bond donors (Lipinski definition) is 0. The average molecular weight is 208 g/mol. The molecule has 13 heavy (non-hydrogen) atoms. The molecular formula is C7H10F6. The van der Waals surface area contributed by atoms with Crippen molar-refractivity contribution in [1.82, 2.24) is 0 Å². The third kappa shape index (κ3) is 3.44. The van der Waals surface area contributed by atoms with Crippen molar-refractivity contribution in [1.29, 1.82) is 0 Å². The van der Waals surface area contributed by atoms with Crippen molar-refractivity contribution in [3.63, 3.8) is 0 Å². The van der Waals surface area contributed by atoms with Gasteiger partial charge in [0.25, 0.3) is 0 Å². The molecule has 0 spiro atoms. The second-order valence-corrected chi connectivity index (χ2v) is 2.64. The zero-order valence-electron chi connectivity index (χ0n) is 6.91. The van der Waals surface area contributed by atoms with Crippen molar-refractivity contribution in [2.45, 2.75) is 44.5 Å². The van der Waals surface area contributed by atoms with Gasteiger partial charge in [-0.05, 0) is 6.42 Å². The van der Waals surface area contributed by atoms with E-state index in [1.54, 1.807) is 0 Å². The summed E-state index contributed by atoms with van der Waals surface area (Å²) in [5.74, 6) is -4.31. The van der Waals surface area contributed by atoms with E-state index in [2.05, 4.69) is 0 Å². The molecule has 80 valence electrons. The summed E-state index contributed by atoms with van der Waals surface area (Å²) in [6.07, 6.45) is -11.3. The first kappa shape index (κ1) is 12.6. The Morgan fingerprint density at radius 3 is 1.77 bits per heavy atom.